The van der Waals surface area contributed by atoms with Crippen LogP contribution in [0.2, 0.25) is 0 Å². The van der Waals surface area contributed by atoms with Gasteiger partial charge in [-0.15, -0.1) is 0 Å². The summed E-state index contributed by atoms with van der Waals surface area (Å²) in [6.45, 7) is 0. The highest BCUT2D eigenvalue weighted by Crippen LogP contribution is 2.27. The molecule has 0 unspecified atom stereocenters. The zero-order valence-electron chi connectivity index (χ0n) is 27.3. The Morgan fingerprint density at radius 1 is 0.180 bits per heavy atom. The molecule has 0 fully saturated rings. The van der Waals surface area contributed by atoms with Crippen LogP contribution in [0.15, 0.2) is 170 Å². The summed E-state index contributed by atoms with van der Waals surface area (Å²) in [6.07, 6.45) is 0. The van der Waals surface area contributed by atoms with E-state index in [0.717, 1.165) is 79.6 Å². The zero-order chi connectivity index (χ0) is 34.1. The molecule has 0 aliphatic rings. The Balaban J connectivity index is 0.869. The SMILES string of the molecule is Nc1ccc(Nc2ccc(Nc3ccc(Nc4ccc(Nc5ccc(Nc6ccc(Nc7ccc(N)cc7)cc6)cc5)cc4)cc3)cc2)cc1. The molecule has 0 aliphatic heterocycles. The van der Waals surface area contributed by atoms with Gasteiger partial charge in [0.05, 0.1) is 0 Å². The molecule has 0 radical (unpaired) electrons. The van der Waals surface area contributed by atoms with Crippen molar-refractivity contribution >= 4 is 79.6 Å². The first-order valence-corrected chi connectivity index (χ1v) is 16.3. The maximum atomic E-state index is 5.78. The summed E-state index contributed by atoms with van der Waals surface area (Å²) in [5, 5.41) is 20.6. The number of hydrogen-bond acceptors (Lipinski definition) is 8. The Morgan fingerprint density at radius 3 is 0.400 bits per heavy atom. The van der Waals surface area contributed by atoms with Gasteiger partial charge in [-0.3, -0.25) is 0 Å². The number of nitrogens with two attached hydrogens (primary N) is 2. The summed E-state index contributed by atoms with van der Waals surface area (Å²) in [5.41, 5.74) is 25.1. The van der Waals surface area contributed by atoms with E-state index in [1.54, 1.807) is 0 Å². The molecule has 0 bridgehead atoms. The Labute approximate surface area is 292 Å². The van der Waals surface area contributed by atoms with E-state index in [-0.39, 0.29) is 0 Å². The Morgan fingerprint density at radius 2 is 0.280 bits per heavy atom. The summed E-state index contributed by atoms with van der Waals surface area (Å²) < 4.78 is 0. The van der Waals surface area contributed by atoms with Gasteiger partial charge in [-0.2, -0.15) is 0 Å². The molecule has 8 nitrogen and oxygen atoms in total. The molecule has 0 aromatic heterocycles. The van der Waals surface area contributed by atoms with Crippen molar-refractivity contribution in [2.75, 3.05) is 43.4 Å². The van der Waals surface area contributed by atoms with Crippen molar-refractivity contribution in [1.82, 2.24) is 0 Å². The predicted molar refractivity (Wildman–Crippen MR) is 214 cm³/mol. The van der Waals surface area contributed by atoms with Crippen LogP contribution in [-0.4, -0.2) is 0 Å². The minimum absolute atomic E-state index is 0.748. The Kier molecular flexibility index (Phi) is 9.33. The second kappa shape index (κ2) is 14.8. The average molecular weight is 655 g/mol. The number of nitrogen functional groups attached to an aromatic ring is 2. The molecule has 0 aliphatic carbocycles. The third-order valence-electron chi connectivity index (χ3n) is 7.98. The number of benzene rings is 7. The van der Waals surface area contributed by atoms with Gasteiger partial charge in [0.15, 0.2) is 0 Å². The number of hydrogen-bond donors (Lipinski definition) is 8. The fourth-order valence-corrected chi connectivity index (χ4v) is 5.32. The first-order chi connectivity index (χ1) is 24.5. The van der Waals surface area contributed by atoms with Crippen molar-refractivity contribution in [3.05, 3.63) is 170 Å². The van der Waals surface area contributed by atoms with Gasteiger partial charge >= 0.3 is 0 Å². The minimum atomic E-state index is 0.748. The standard InChI is InChI=1S/C42H38N8/c43-29-1-5-31(6-2-29)45-33-9-13-35(14-10-33)47-37-17-21-39(22-18-37)49-41-25-27-42(28-26-41)50-40-23-19-38(20-24-40)48-36-15-11-34(12-16-36)46-32-7-3-30(44)4-8-32/h1-28,45-50H,43-44H2. The molecule has 0 atom stereocenters. The van der Waals surface area contributed by atoms with E-state index in [1.807, 2.05) is 72.8 Å². The van der Waals surface area contributed by atoms with Crippen LogP contribution in [0.5, 0.6) is 0 Å². The van der Waals surface area contributed by atoms with Gasteiger partial charge in [-0.1, -0.05) is 0 Å². The predicted octanol–water partition coefficient (Wildman–Crippen LogP) is 11.3. The van der Waals surface area contributed by atoms with Crippen molar-refractivity contribution in [3.63, 3.8) is 0 Å². The first-order valence-electron chi connectivity index (χ1n) is 16.3. The molecule has 0 spiro atoms. The molecule has 7 rings (SSSR count). The van der Waals surface area contributed by atoms with Crippen molar-refractivity contribution in [2.45, 2.75) is 0 Å². The molecule has 7 aromatic carbocycles. The van der Waals surface area contributed by atoms with Crippen LogP contribution in [-0.2, 0) is 0 Å². The molecule has 0 saturated heterocycles. The lowest BCUT2D eigenvalue weighted by molar-refractivity contribution is 1.49. The topological polar surface area (TPSA) is 124 Å². The Hall–Kier alpha value is -7.06. The molecule has 0 saturated carbocycles. The van der Waals surface area contributed by atoms with E-state index in [9.17, 15) is 0 Å². The lowest BCUT2D eigenvalue weighted by Crippen LogP contribution is -1.95. The van der Waals surface area contributed by atoms with Crippen LogP contribution >= 0.6 is 0 Å². The van der Waals surface area contributed by atoms with Gasteiger partial charge in [-0.25, -0.2) is 0 Å². The van der Waals surface area contributed by atoms with E-state index in [1.165, 1.54) is 0 Å². The first kappa shape index (κ1) is 31.5. The highest BCUT2D eigenvalue weighted by molar-refractivity contribution is 5.72. The van der Waals surface area contributed by atoms with Crippen molar-refractivity contribution in [2.24, 2.45) is 0 Å². The number of anilines is 14. The zero-order valence-corrected chi connectivity index (χ0v) is 27.3. The average Bonchev–Trinajstić information content (AvgIpc) is 3.14. The lowest BCUT2D eigenvalue weighted by atomic mass is 10.2. The van der Waals surface area contributed by atoms with Gasteiger partial charge in [0.1, 0.15) is 0 Å². The van der Waals surface area contributed by atoms with Crippen molar-refractivity contribution < 1.29 is 0 Å². The normalized spacial score (nSPS) is 10.6. The van der Waals surface area contributed by atoms with E-state index >= 15 is 0 Å². The van der Waals surface area contributed by atoms with Crippen LogP contribution in [0, 0.1) is 0 Å². The summed E-state index contributed by atoms with van der Waals surface area (Å²) in [4.78, 5) is 0. The summed E-state index contributed by atoms with van der Waals surface area (Å²) in [5.74, 6) is 0. The molecule has 7 aromatic rings. The van der Waals surface area contributed by atoms with E-state index in [2.05, 4.69) is 129 Å². The molecule has 50 heavy (non-hydrogen) atoms. The molecule has 8 heteroatoms. The van der Waals surface area contributed by atoms with Crippen LogP contribution in [0.1, 0.15) is 0 Å². The van der Waals surface area contributed by atoms with Gasteiger partial charge in [0.25, 0.3) is 0 Å². The monoisotopic (exact) mass is 654 g/mol. The maximum Gasteiger partial charge on any atom is 0.0385 e. The molecule has 246 valence electrons. The van der Waals surface area contributed by atoms with Crippen LogP contribution < -0.4 is 43.4 Å². The third kappa shape index (κ3) is 8.64. The molecule has 10 N–H and O–H groups in total. The second-order valence-corrected chi connectivity index (χ2v) is 11.9. The third-order valence-corrected chi connectivity index (χ3v) is 7.98. The fraction of sp³-hybridized carbons (Fsp3) is 0. The van der Waals surface area contributed by atoms with Crippen molar-refractivity contribution in [3.8, 4) is 0 Å². The molecule has 0 amide bonds. The highest BCUT2D eigenvalue weighted by atomic mass is 14.9. The van der Waals surface area contributed by atoms with Crippen molar-refractivity contribution in [1.29, 1.82) is 0 Å². The fourth-order valence-electron chi connectivity index (χ4n) is 5.32. The van der Waals surface area contributed by atoms with E-state index in [4.69, 9.17) is 11.5 Å². The summed E-state index contributed by atoms with van der Waals surface area (Å²) in [6, 6.07) is 56.5. The molecular weight excluding hydrogens is 617 g/mol. The quantitative estimate of drug-likeness (QED) is 0.0612. The van der Waals surface area contributed by atoms with Crippen LogP contribution in [0.25, 0.3) is 0 Å². The van der Waals surface area contributed by atoms with Gasteiger partial charge in [0.2, 0.25) is 0 Å². The van der Waals surface area contributed by atoms with Gasteiger partial charge in [-0.05, 0) is 170 Å². The maximum absolute atomic E-state index is 5.78. The molecular formula is C42H38N8. The van der Waals surface area contributed by atoms with Crippen LogP contribution in [0.3, 0.4) is 0 Å². The van der Waals surface area contributed by atoms with E-state index < -0.39 is 0 Å². The highest BCUT2D eigenvalue weighted by Gasteiger charge is 2.02. The number of nitrogens with one attached hydrogen (secondary N) is 6. The second-order valence-electron chi connectivity index (χ2n) is 11.9. The van der Waals surface area contributed by atoms with E-state index in [0.29, 0.717) is 0 Å². The number of rotatable bonds is 12. The summed E-state index contributed by atoms with van der Waals surface area (Å²) >= 11 is 0. The lowest BCUT2D eigenvalue weighted by Gasteiger charge is -2.12. The van der Waals surface area contributed by atoms with Crippen LogP contribution in [0.4, 0.5) is 79.6 Å². The van der Waals surface area contributed by atoms with Gasteiger partial charge < -0.3 is 43.4 Å². The minimum Gasteiger partial charge on any atom is -0.399 e. The molecule has 0 heterocycles. The smallest absolute Gasteiger partial charge is 0.0385 e. The Bertz CT molecular complexity index is 1950. The van der Waals surface area contributed by atoms with Gasteiger partial charge in [0, 0.05) is 79.6 Å². The largest absolute Gasteiger partial charge is 0.399 e. The summed E-state index contributed by atoms with van der Waals surface area (Å²) in [7, 11) is 0.